The molecule has 4 nitrogen and oxygen atoms in total. The van der Waals surface area contributed by atoms with Gasteiger partial charge >= 0.3 is 6.18 Å². The van der Waals surface area contributed by atoms with E-state index in [0.29, 0.717) is 11.4 Å². The molecule has 7 heteroatoms. The van der Waals surface area contributed by atoms with E-state index < -0.39 is 17.2 Å². The van der Waals surface area contributed by atoms with Gasteiger partial charge in [-0.25, -0.2) is 5.06 Å². The molecule has 0 aliphatic heterocycles. The third-order valence-corrected chi connectivity index (χ3v) is 5.50. The highest BCUT2D eigenvalue weighted by Crippen LogP contribution is 2.37. The molecular formula is C22H25F3N2O2. The normalized spacial score (nSPS) is 16.3. The van der Waals surface area contributed by atoms with Gasteiger partial charge in [0.15, 0.2) is 0 Å². The van der Waals surface area contributed by atoms with Gasteiger partial charge in [-0.3, -0.25) is 10.0 Å². The molecule has 156 valence electrons. The third-order valence-electron chi connectivity index (χ3n) is 5.50. The molecular weight excluding hydrogens is 381 g/mol. The zero-order valence-electron chi connectivity index (χ0n) is 16.3. The first-order valence-corrected chi connectivity index (χ1v) is 9.71. The monoisotopic (exact) mass is 406 g/mol. The summed E-state index contributed by atoms with van der Waals surface area (Å²) < 4.78 is 37.9. The third kappa shape index (κ3) is 5.29. The Balaban J connectivity index is 1.59. The van der Waals surface area contributed by atoms with Crippen LogP contribution in [-0.4, -0.2) is 16.2 Å². The van der Waals surface area contributed by atoms with E-state index in [0.717, 1.165) is 54.9 Å². The van der Waals surface area contributed by atoms with Gasteiger partial charge in [-0.1, -0.05) is 38.3 Å². The topological polar surface area (TPSA) is 52.6 Å². The zero-order valence-corrected chi connectivity index (χ0v) is 16.3. The molecule has 0 aromatic heterocycles. The van der Waals surface area contributed by atoms with Gasteiger partial charge in [0.25, 0.3) is 5.91 Å². The second-order valence-corrected chi connectivity index (χ2v) is 7.88. The van der Waals surface area contributed by atoms with Crippen molar-refractivity contribution in [1.29, 1.82) is 0 Å². The van der Waals surface area contributed by atoms with Gasteiger partial charge in [0.05, 0.1) is 12.1 Å². The number of nitrogens with one attached hydrogen (secondary N) is 1. The van der Waals surface area contributed by atoms with Crippen LogP contribution in [0.3, 0.4) is 0 Å². The van der Waals surface area contributed by atoms with Gasteiger partial charge in [0.1, 0.15) is 0 Å². The van der Waals surface area contributed by atoms with Gasteiger partial charge in [-0.05, 0) is 54.8 Å². The number of carbonyl (C=O) groups is 1. The Bertz CT molecular complexity index is 827. The largest absolute Gasteiger partial charge is 0.416 e. The van der Waals surface area contributed by atoms with Crippen LogP contribution in [0.5, 0.6) is 0 Å². The molecule has 0 spiro atoms. The molecule has 2 aromatic rings. The lowest BCUT2D eigenvalue weighted by atomic mass is 9.75. The van der Waals surface area contributed by atoms with Crippen molar-refractivity contribution in [2.75, 3.05) is 5.32 Å². The number of anilines is 2. The van der Waals surface area contributed by atoms with E-state index in [4.69, 9.17) is 0 Å². The number of carbonyl (C=O) groups excluding carboxylic acids is 1. The number of alkyl halides is 3. The first-order valence-electron chi connectivity index (χ1n) is 9.71. The maximum atomic E-state index is 12.6. The summed E-state index contributed by atoms with van der Waals surface area (Å²) in [4.78, 5) is 12.6. The highest BCUT2D eigenvalue weighted by Gasteiger charge is 2.37. The van der Waals surface area contributed by atoms with Crippen LogP contribution in [0.2, 0.25) is 0 Å². The van der Waals surface area contributed by atoms with Crippen molar-refractivity contribution in [2.24, 2.45) is 5.41 Å². The number of rotatable bonds is 5. The highest BCUT2D eigenvalue weighted by atomic mass is 19.4. The number of hydroxylamine groups is 2. The number of nitrogens with zero attached hydrogens (tertiary/aromatic N) is 1. The van der Waals surface area contributed by atoms with Crippen molar-refractivity contribution in [3.05, 3.63) is 59.7 Å². The van der Waals surface area contributed by atoms with Gasteiger partial charge in [0, 0.05) is 16.8 Å². The summed E-state index contributed by atoms with van der Waals surface area (Å²) in [6.07, 6.45) is 0.350. The molecule has 1 aliphatic rings. The van der Waals surface area contributed by atoms with Crippen LogP contribution in [0.25, 0.3) is 0 Å². The molecule has 0 atom stereocenters. The number of hydrogen-bond acceptors (Lipinski definition) is 3. The summed E-state index contributed by atoms with van der Waals surface area (Å²) in [7, 11) is 0. The van der Waals surface area contributed by atoms with Gasteiger partial charge in [0.2, 0.25) is 0 Å². The molecule has 1 aliphatic carbocycles. The van der Waals surface area contributed by atoms with E-state index in [1.54, 1.807) is 24.3 Å². The Hall–Kier alpha value is -2.54. The Morgan fingerprint density at radius 1 is 1.00 bits per heavy atom. The van der Waals surface area contributed by atoms with Gasteiger partial charge < -0.3 is 5.32 Å². The maximum absolute atomic E-state index is 12.6. The summed E-state index contributed by atoms with van der Waals surface area (Å²) in [5.74, 6) is -0.246. The second-order valence-electron chi connectivity index (χ2n) is 7.88. The molecule has 1 saturated carbocycles. The molecule has 0 unspecified atom stereocenters. The molecule has 0 bridgehead atoms. The Morgan fingerprint density at radius 2 is 1.52 bits per heavy atom. The SMILES string of the molecule is CC1(C(=O)N(O)Cc2ccc(Nc3ccc(C(F)(F)F)cc3)cc2)CCCCC1. The highest BCUT2D eigenvalue weighted by molar-refractivity contribution is 5.81. The van der Waals surface area contributed by atoms with Crippen molar-refractivity contribution in [2.45, 2.75) is 51.7 Å². The molecule has 0 saturated heterocycles. The maximum Gasteiger partial charge on any atom is 0.416 e. The molecule has 0 radical (unpaired) electrons. The fraction of sp³-hybridized carbons (Fsp3) is 0.409. The van der Waals surface area contributed by atoms with E-state index >= 15 is 0 Å². The van der Waals surface area contributed by atoms with E-state index in [2.05, 4.69) is 5.32 Å². The summed E-state index contributed by atoms with van der Waals surface area (Å²) >= 11 is 0. The van der Waals surface area contributed by atoms with Crippen molar-refractivity contribution in [3.8, 4) is 0 Å². The van der Waals surface area contributed by atoms with Crippen LogP contribution in [0.1, 0.15) is 50.2 Å². The smallest absolute Gasteiger partial charge is 0.356 e. The van der Waals surface area contributed by atoms with Crippen LogP contribution < -0.4 is 5.32 Å². The van der Waals surface area contributed by atoms with E-state index in [9.17, 15) is 23.2 Å². The first-order chi connectivity index (χ1) is 13.7. The first kappa shape index (κ1) is 21.2. The molecule has 3 rings (SSSR count). The van der Waals surface area contributed by atoms with E-state index in [1.165, 1.54) is 12.1 Å². The van der Waals surface area contributed by atoms with Crippen molar-refractivity contribution >= 4 is 17.3 Å². The summed E-state index contributed by atoms with van der Waals surface area (Å²) in [6.45, 7) is 2.00. The quantitative estimate of drug-likeness (QED) is 0.463. The number of benzene rings is 2. The number of hydrogen-bond donors (Lipinski definition) is 2. The van der Waals surface area contributed by atoms with Crippen LogP contribution in [0.4, 0.5) is 24.5 Å². The van der Waals surface area contributed by atoms with Crippen LogP contribution in [0, 0.1) is 5.41 Å². The molecule has 1 amide bonds. The summed E-state index contributed by atoms with van der Waals surface area (Å²) in [5.41, 5.74) is 0.798. The average Bonchev–Trinajstić information content (AvgIpc) is 2.69. The molecule has 29 heavy (non-hydrogen) atoms. The lowest BCUT2D eigenvalue weighted by Crippen LogP contribution is -2.41. The standard InChI is InChI=1S/C22H25F3N2O2/c1-21(13-3-2-4-14-21)20(28)27(29)15-16-5-9-18(10-6-16)26-19-11-7-17(8-12-19)22(23,24)25/h5-12,26,29H,2-4,13-15H2,1H3. The Labute approximate surface area is 168 Å². The summed E-state index contributed by atoms with van der Waals surface area (Å²) in [5, 5.41) is 14.1. The fourth-order valence-electron chi connectivity index (χ4n) is 3.70. The van der Waals surface area contributed by atoms with Gasteiger partial charge in [-0.15, -0.1) is 0 Å². The minimum absolute atomic E-state index is 0.0922. The predicted octanol–water partition coefficient (Wildman–Crippen LogP) is 6.14. The minimum Gasteiger partial charge on any atom is -0.356 e. The number of halogens is 3. The van der Waals surface area contributed by atoms with E-state index in [-0.39, 0.29) is 12.5 Å². The predicted molar refractivity (Wildman–Crippen MR) is 105 cm³/mol. The number of amides is 1. The van der Waals surface area contributed by atoms with Gasteiger partial charge in [-0.2, -0.15) is 13.2 Å². The molecule has 0 heterocycles. The lowest BCUT2D eigenvalue weighted by molar-refractivity contribution is -0.181. The zero-order chi connectivity index (χ0) is 21.1. The molecule has 2 N–H and O–H groups in total. The fourth-order valence-corrected chi connectivity index (χ4v) is 3.70. The second kappa shape index (κ2) is 8.45. The average molecular weight is 406 g/mol. The van der Waals surface area contributed by atoms with Crippen LogP contribution >= 0.6 is 0 Å². The van der Waals surface area contributed by atoms with Crippen LogP contribution in [0.15, 0.2) is 48.5 Å². The molecule has 1 fully saturated rings. The molecule has 2 aromatic carbocycles. The lowest BCUT2D eigenvalue weighted by Gasteiger charge is -2.34. The summed E-state index contributed by atoms with van der Waals surface area (Å²) in [6, 6.07) is 11.8. The van der Waals surface area contributed by atoms with Crippen molar-refractivity contribution < 1.29 is 23.2 Å². The van der Waals surface area contributed by atoms with Crippen molar-refractivity contribution in [1.82, 2.24) is 5.06 Å². The Kier molecular flexibility index (Phi) is 6.17. The minimum atomic E-state index is -4.36. The van der Waals surface area contributed by atoms with Crippen LogP contribution in [-0.2, 0) is 17.5 Å². The Morgan fingerprint density at radius 3 is 2.03 bits per heavy atom. The van der Waals surface area contributed by atoms with E-state index in [1.807, 2.05) is 6.92 Å². The van der Waals surface area contributed by atoms with Crippen molar-refractivity contribution in [3.63, 3.8) is 0 Å².